The van der Waals surface area contributed by atoms with Gasteiger partial charge in [-0.3, -0.25) is 4.79 Å². The van der Waals surface area contributed by atoms with Crippen LogP contribution in [0.3, 0.4) is 0 Å². The van der Waals surface area contributed by atoms with Crippen molar-refractivity contribution in [2.75, 3.05) is 31.1 Å². The maximum atomic E-state index is 12.7. The Morgan fingerprint density at radius 2 is 2.17 bits per heavy atom. The van der Waals surface area contributed by atoms with Crippen LogP contribution in [-0.2, 0) is 4.74 Å². The summed E-state index contributed by atoms with van der Waals surface area (Å²) in [7, 11) is 0. The Balaban J connectivity index is 1.45. The molecule has 3 N–H and O–H groups in total. The highest BCUT2D eigenvalue weighted by atomic mass is 32.1. The molecular weight excluding hydrogens is 396 g/mol. The molecule has 0 bridgehead atoms. The average molecular weight is 425 g/mol. The van der Waals surface area contributed by atoms with Crippen molar-refractivity contribution >= 4 is 44.1 Å². The summed E-state index contributed by atoms with van der Waals surface area (Å²) < 4.78 is 6.83. The van der Waals surface area contributed by atoms with Crippen molar-refractivity contribution in [2.45, 2.75) is 44.2 Å². The minimum atomic E-state index is -0.102. The third kappa shape index (κ3) is 3.77. The summed E-state index contributed by atoms with van der Waals surface area (Å²) in [6.45, 7) is 5.28. The molecule has 1 aromatic carbocycles. The molecule has 7 heteroatoms. The van der Waals surface area contributed by atoms with Gasteiger partial charge in [-0.2, -0.15) is 0 Å². The van der Waals surface area contributed by atoms with E-state index in [9.17, 15) is 4.79 Å². The second-order valence-electron chi connectivity index (χ2n) is 8.82. The molecule has 2 aromatic heterocycles. The van der Waals surface area contributed by atoms with Gasteiger partial charge in [0.15, 0.2) is 0 Å². The van der Waals surface area contributed by atoms with Gasteiger partial charge in [-0.05, 0) is 56.2 Å². The van der Waals surface area contributed by atoms with E-state index in [2.05, 4.69) is 28.6 Å². The van der Waals surface area contributed by atoms with Crippen LogP contribution in [0.15, 0.2) is 29.6 Å². The highest BCUT2D eigenvalue weighted by Crippen LogP contribution is 2.37. The third-order valence-electron chi connectivity index (χ3n) is 6.36. The van der Waals surface area contributed by atoms with Gasteiger partial charge in [0.25, 0.3) is 5.91 Å². The quantitative estimate of drug-likeness (QED) is 0.668. The van der Waals surface area contributed by atoms with Crippen LogP contribution in [0.2, 0.25) is 0 Å². The van der Waals surface area contributed by atoms with Gasteiger partial charge in [0.2, 0.25) is 0 Å². The molecule has 2 fully saturated rings. The second-order valence-corrected chi connectivity index (χ2v) is 9.73. The minimum absolute atomic E-state index is 0.0705. The maximum Gasteiger partial charge on any atom is 0.251 e. The molecule has 0 aliphatic carbocycles. The molecule has 6 nitrogen and oxygen atoms in total. The first-order valence-electron chi connectivity index (χ1n) is 10.7. The molecule has 158 valence electrons. The van der Waals surface area contributed by atoms with E-state index < -0.39 is 0 Å². The van der Waals surface area contributed by atoms with E-state index in [1.54, 1.807) is 11.3 Å². The highest BCUT2D eigenvalue weighted by molar-refractivity contribution is 7.18. The Kier molecular flexibility index (Phi) is 5.13. The van der Waals surface area contributed by atoms with E-state index in [4.69, 9.17) is 15.5 Å². The normalized spacial score (nSPS) is 21.4. The number of piperidine rings is 1. The van der Waals surface area contributed by atoms with Crippen LogP contribution in [0.25, 0.3) is 21.0 Å². The Bertz CT molecular complexity index is 1080. The molecule has 1 atom stereocenters. The van der Waals surface area contributed by atoms with E-state index in [1.807, 2.05) is 18.2 Å². The zero-order valence-corrected chi connectivity index (χ0v) is 18.1. The number of anilines is 1. The lowest BCUT2D eigenvalue weighted by atomic mass is 9.91. The second kappa shape index (κ2) is 7.80. The predicted molar refractivity (Wildman–Crippen MR) is 122 cm³/mol. The number of thiophene rings is 1. The van der Waals surface area contributed by atoms with Crippen molar-refractivity contribution in [2.24, 2.45) is 5.73 Å². The van der Waals surface area contributed by atoms with Crippen LogP contribution in [-0.4, -0.2) is 48.8 Å². The van der Waals surface area contributed by atoms with Crippen molar-refractivity contribution in [3.63, 3.8) is 0 Å². The van der Waals surface area contributed by atoms with Crippen LogP contribution < -0.4 is 16.0 Å². The number of nitrogens with two attached hydrogens (primary N) is 1. The molecule has 0 saturated carbocycles. The number of nitrogens with one attached hydrogen (secondary N) is 1. The number of aromatic nitrogens is 1. The molecule has 30 heavy (non-hydrogen) atoms. The summed E-state index contributed by atoms with van der Waals surface area (Å²) in [5.41, 5.74) is 7.74. The van der Waals surface area contributed by atoms with Crippen LogP contribution in [0.5, 0.6) is 0 Å². The van der Waals surface area contributed by atoms with Gasteiger partial charge in [-0.25, -0.2) is 4.98 Å². The Hall–Kier alpha value is -2.22. The summed E-state index contributed by atoms with van der Waals surface area (Å²) in [6.07, 6.45) is 4.11. The number of benzene rings is 1. The number of nitrogens with zero attached hydrogens (tertiary/aromatic N) is 2. The zero-order valence-electron chi connectivity index (χ0n) is 17.3. The fourth-order valence-electron chi connectivity index (χ4n) is 4.41. The number of carbonyl (C=O) groups excluding carboxylic acids is 1. The van der Waals surface area contributed by atoms with Gasteiger partial charge in [0.05, 0.1) is 11.6 Å². The number of amides is 1. The van der Waals surface area contributed by atoms with Crippen molar-refractivity contribution in [1.29, 1.82) is 0 Å². The standard InChI is InChI=1S/C23H28N4O2S/c1-23(24)7-9-27(10-8-23)21-18-6-12-30-20(18)17-5-4-15(13-19(17)26-21)22(28)25-14-16-3-2-11-29-16/h4-6,12-13,16H,2-3,7-11,14,24H2,1H3,(H,25,28). The van der Waals surface area contributed by atoms with Crippen LogP contribution in [0, 0.1) is 0 Å². The summed E-state index contributed by atoms with van der Waals surface area (Å²) >= 11 is 1.73. The van der Waals surface area contributed by atoms with Crippen LogP contribution in [0.4, 0.5) is 5.82 Å². The summed E-state index contributed by atoms with van der Waals surface area (Å²) in [4.78, 5) is 20.1. The smallest absolute Gasteiger partial charge is 0.251 e. The lowest BCUT2D eigenvalue weighted by molar-refractivity contribution is 0.0858. The minimum Gasteiger partial charge on any atom is -0.376 e. The topological polar surface area (TPSA) is 80.5 Å². The van der Waals surface area contributed by atoms with Gasteiger partial charge < -0.3 is 20.7 Å². The first-order chi connectivity index (χ1) is 14.5. The lowest BCUT2D eigenvalue weighted by Crippen LogP contribution is -2.48. The molecule has 5 rings (SSSR count). The summed E-state index contributed by atoms with van der Waals surface area (Å²) in [5.74, 6) is 0.935. The number of carbonyl (C=O) groups is 1. The number of fused-ring (bicyclic) bond motifs is 3. The van der Waals surface area contributed by atoms with E-state index in [0.717, 1.165) is 62.1 Å². The molecule has 2 aliphatic rings. The predicted octanol–water partition coefficient (Wildman–Crippen LogP) is 3.68. The Morgan fingerprint density at radius 3 is 2.93 bits per heavy atom. The number of hydrogen-bond donors (Lipinski definition) is 2. The van der Waals surface area contributed by atoms with E-state index in [0.29, 0.717) is 12.1 Å². The monoisotopic (exact) mass is 424 g/mol. The Labute approximate surface area is 180 Å². The largest absolute Gasteiger partial charge is 0.376 e. The van der Waals surface area contributed by atoms with E-state index in [-0.39, 0.29) is 17.6 Å². The van der Waals surface area contributed by atoms with Gasteiger partial charge in [0, 0.05) is 52.8 Å². The van der Waals surface area contributed by atoms with E-state index >= 15 is 0 Å². The van der Waals surface area contributed by atoms with E-state index in [1.165, 1.54) is 10.1 Å². The Morgan fingerprint density at radius 1 is 1.33 bits per heavy atom. The SMILES string of the molecule is CC1(N)CCN(c2nc3cc(C(=O)NCC4CCCO4)ccc3c3sccc23)CC1. The van der Waals surface area contributed by atoms with Gasteiger partial charge in [0.1, 0.15) is 5.82 Å². The van der Waals surface area contributed by atoms with Crippen molar-refractivity contribution in [3.8, 4) is 0 Å². The van der Waals surface area contributed by atoms with Crippen molar-refractivity contribution < 1.29 is 9.53 Å². The van der Waals surface area contributed by atoms with Gasteiger partial charge >= 0.3 is 0 Å². The molecule has 3 aromatic rings. The molecular formula is C23H28N4O2S. The zero-order chi connectivity index (χ0) is 20.7. The molecule has 4 heterocycles. The fourth-order valence-corrected chi connectivity index (χ4v) is 5.34. The molecule has 1 amide bonds. The van der Waals surface area contributed by atoms with Crippen LogP contribution in [0.1, 0.15) is 43.0 Å². The number of rotatable bonds is 4. The first kappa shape index (κ1) is 19.7. The summed E-state index contributed by atoms with van der Waals surface area (Å²) in [6, 6.07) is 7.99. The fraction of sp³-hybridized carbons (Fsp3) is 0.478. The third-order valence-corrected chi connectivity index (χ3v) is 7.30. The average Bonchev–Trinajstić information content (AvgIpc) is 3.43. The molecule has 2 saturated heterocycles. The van der Waals surface area contributed by atoms with Gasteiger partial charge in [-0.1, -0.05) is 6.07 Å². The molecule has 0 radical (unpaired) electrons. The summed E-state index contributed by atoms with van der Waals surface area (Å²) in [5, 5.41) is 7.41. The van der Waals surface area contributed by atoms with Gasteiger partial charge in [-0.15, -0.1) is 11.3 Å². The number of hydrogen-bond acceptors (Lipinski definition) is 6. The number of pyridine rings is 1. The van der Waals surface area contributed by atoms with Crippen molar-refractivity contribution in [1.82, 2.24) is 10.3 Å². The highest BCUT2D eigenvalue weighted by Gasteiger charge is 2.28. The lowest BCUT2D eigenvalue weighted by Gasteiger charge is -2.37. The van der Waals surface area contributed by atoms with Crippen LogP contribution >= 0.6 is 11.3 Å². The first-order valence-corrected chi connectivity index (χ1v) is 11.6. The number of ether oxygens (including phenoxy) is 1. The molecule has 0 spiro atoms. The molecule has 1 unspecified atom stereocenters. The maximum absolute atomic E-state index is 12.7. The van der Waals surface area contributed by atoms with Crippen molar-refractivity contribution in [3.05, 3.63) is 35.2 Å². The molecule has 2 aliphatic heterocycles.